The van der Waals surface area contributed by atoms with E-state index in [1.807, 2.05) is 50.2 Å². The number of anilines is 1. The highest BCUT2D eigenvalue weighted by Gasteiger charge is 2.18. The molecule has 0 bridgehead atoms. The van der Waals surface area contributed by atoms with E-state index in [4.69, 9.17) is 4.42 Å². The van der Waals surface area contributed by atoms with Crippen LogP contribution in [0.4, 0.5) is 5.69 Å². The molecule has 5 aromatic rings. The van der Waals surface area contributed by atoms with Crippen LogP contribution in [0.5, 0.6) is 0 Å². The summed E-state index contributed by atoms with van der Waals surface area (Å²) in [6.45, 7) is 3.84. The number of nitrogens with zero attached hydrogens (tertiary/aromatic N) is 1. The first-order chi connectivity index (χ1) is 16.4. The molecular formula is C28H22N2O4. The Morgan fingerprint density at radius 3 is 2.68 bits per heavy atom. The molecule has 0 fully saturated rings. The maximum Gasteiger partial charge on any atom is 0.337 e. The second-order valence-electron chi connectivity index (χ2n) is 8.36. The van der Waals surface area contributed by atoms with Crippen LogP contribution in [0.2, 0.25) is 0 Å². The Hall–Kier alpha value is -4.45. The van der Waals surface area contributed by atoms with E-state index in [1.165, 1.54) is 6.07 Å². The van der Waals surface area contributed by atoms with Crippen molar-refractivity contribution < 1.29 is 14.3 Å². The number of pyridine rings is 1. The van der Waals surface area contributed by atoms with Gasteiger partial charge in [0.1, 0.15) is 11.3 Å². The Bertz CT molecular complexity index is 1620. The summed E-state index contributed by atoms with van der Waals surface area (Å²) < 4.78 is 6.33. The normalized spacial score (nSPS) is 12.1. The van der Waals surface area contributed by atoms with Crippen molar-refractivity contribution in [2.45, 2.75) is 19.9 Å². The van der Waals surface area contributed by atoms with Gasteiger partial charge in [0.15, 0.2) is 5.43 Å². The molecular weight excluding hydrogens is 428 g/mol. The van der Waals surface area contributed by atoms with Crippen molar-refractivity contribution in [3.05, 3.63) is 106 Å². The van der Waals surface area contributed by atoms with Crippen LogP contribution in [-0.4, -0.2) is 16.1 Å². The molecule has 1 atom stereocenters. The highest BCUT2D eigenvalue weighted by atomic mass is 16.4. The molecule has 6 heteroatoms. The lowest BCUT2D eigenvalue weighted by Crippen LogP contribution is -2.12. The fourth-order valence-corrected chi connectivity index (χ4v) is 4.24. The number of aryl methyl sites for hydroxylation is 1. The topological polar surface area (TPSA) is 92.4 Å². The van der Waals surface area contributed by atoms with Gasteiger partial charge in [0, 0.05) is 40.7 Å². The number of aromatic carboxylic acids is 1. The predicted octanol–water partition coefficient (Wildman–Crippen LogP) is 6.19. The molecule has 0 aliphatic heterocycles. The fourth-order valence-electron chi connectivity index (χ4n) is 4.24. The van der Waals surface area contributed by atoms with Crippen LogP contribution in [0.25, 0.3) is 33.1 Å². The molecule has 1 unspecified atom stereocenters. The Morgan fingerprint density at radius 1 is 1.03 bits per heavy atom. The standard InChI is InChI=1S/C28H22N2O4/c1-16-11-22(17(2)30-24-6-4-3-5-21(24)28(32)33)27-23(12-16)25(31)14-26(34-27)19-7-8-20-15-29-10-9-18(20)13-19/h3-15,17,30H,1-2H3,(H,32,33). The van der Waals surface area contributed by atoms with E-state index in [2.05, 4.69) is 10.3 Å². The van der Waals surface area contributed by atoms with Crippen LogP contribution < -0.4 is 10.7 Å². The summed E-state index contributed by atoms with van der Waals surface area (Å²) in [5.41, 5.74) is 3.52. The number of benzene rings is 3. The van der Waals surface area contributed by atoms with E-state index < -0.39 is 5.97 Å². The molecule has 2 aromatic heterocycles. The quantitative estimate of drug-likeness (QED) is 0.332. The van der Waals surface area contributed by atoms with Gasteiger partial charge in [-0.25, -0.2) is 4.79 Å². The van der Waals surface area contributed by atoms with Crippen LogP contribution in [-0.2, 0) is 0 Å². The SMILES string of the molecule is Cc1cc(C(C)Nc2ccccc2C(=O)O)c2oc(-c3ccc4cnccc4c3)cc(=O)c2c1. The Morgan fingerprint density at radius 2 is 1.85 bits per heavy atom. The third-order valence-electron chi connectivity index (χ3n) is 5.92. The molecule has 0 aliphatic carbocycles. The molecule has 0 radical (unpaired) electrons. The number of fused-ring (bicyclic) bond motifs is 2. The Balaban J connectivity index is 1.64. The van der Waals surface area contributed by atoms with Gasteiger partial charge in [-0.15, -0.1) is 0 Å². The fraction of sp³-hybridized carbons (Fsp3) is 0.107. The van der Waals surface area contributed by atoms with Gasteiger partial charge in [-0.05, 0) is 55.1 Å². The van der Waals surface area contributed by atoms with Gasteiger partial charge in [0.05, 0.1) is 17.0 Å². The van der Waals surface area contributed by atoms with Crippen LogP contribution in [0.3, 0.4) is 0 Å². The summed E-state index contributed by atoms with van der Waals surface area (Å²) in [4.78, 5) is 28.9. The molecule has 0 spiro atoms. The first-order valence-corrected chi connectivity index (χ1v) is 10.9. The molecule has 0 saturated heterocycles. The lowest BCUT2D eigenvalue weighted by atomic mass is 10.00. The molecule has 0 saturated carbocycles. The number of carbonyl (C=O) groups is 1. The van der Waals surface area contributed by atoms with Crippen LogP contribution in [0.1, 0.15) is 34.5 Å². The molecule has 6 nitrogen and oxygen atoms in total. The van der Waals surface area contributed by atoms with E-state index in [1.54, 1.807) is 36.7 Å². The van der Waals surface area contributed by atoms with E-state index in [0.717, 1.165) is 27.5 Å². The van der Waals surface area contributed by atoms with Gasteiger partial charge < -0.3 is 14.8 Å². The van der Waals surface area contributed by atoms with Crippen molar-refractivity contribution in [1.29, 1.82) is 0 Å². The summed E-state index contributed by atoms with van der Waals surface area (Å²) in [5.74, 6) is -0.538. The number of carboxylic acids is 1. The number of carboxylic acid groups (broad SMARTS) is 1. The van der Waals surface area contributed by atoms with Gasteiger partial charge in [-0.2, -0.15) is 0 Å². The average molecular weight is 450 g/mol. The van der Waals surface area contributed by atoms with Gasteiger partial charge in [0.25, 0.3) is 0 Å². The molecule has 168 valence electrons. The summed E-state index contributed by atoms with van der Waals surface area (Å²) in [6, 6.07) is 19.5. The number of rotatable bonds is 5. The summed E-state index contributed by atoms with van der Waals surface area (Å²) in [7, 11) is 0. The van der Waals surface area contributed by atoms with Crippen molar-refractivity contribution in [2.75, 3.05) is 5.32 Å². The highest BCUT2D eigenvalue weighted by molar-refractivity contribution is 5.94. The molecule has 0 aliphatic rings. The first kappa shape index (κ1) is 21.4. The van der Waals surface area contributed by atoms with Crippen molar-refractivity contribution >= 4 is 33.4 Å². The monoisotopic (exact) mass is 450 g/mol. The molecule has 0 amide bonds. The van der Waals surface area contributed by atoms with Gasteiger partial charge in [0.2, 0.25) is 0 Å². The van der Waals surface area contributed by atoms with Crippen molar-refractivity contribution in [2.24, 2.45) is 0 Å². The number of hydrogen-bond donors (Lipinski definition) is 2. The Labute approximate surface area is 195 Å². The van der Waals surface area contributed by atoms with E-state index in [-0.39, 0.29) is 17.0 Å². The van der Waals surface area contributed by atoms with Gasteiger partial charge in [-0.1, -0.05) is 30.3 Å². The second-order valence-corrected chi connectivity index (χ2v) is 8.36. The minimum absolute atomic E-state index is 0.130. The van der Waals surface area contributed by atoms with E-state index in [9.17, 15) is 14.7 Å². The van der Waals surface area contributed by atoms with Crippen molar-refractivity contribution in [3.63, 3.8) is 0 Å². The van der Waals surface area contributed by atoms with E-state index >= 15 is 0 Å². The predicted molar refractivity (Wildman–Crippen MR) is 133 cm³/mol. The number of hydrogen-bond acceptors (Lipinski definition) is 5. The molecule has 5 rings (SSSR count). The smallest absolute Gasteiger partial charge is 0.337 e. The van der Waals surface area contributed by atoms with Crippen LogP contribution in [0.15, 0.2) is 88.3 Å². The second kappa shape index (κ2) is 8.48. The third kappa shape index (κ3) is 3.90. The lowest BCUT2D eigenvalue weighted by Gasteiger charge is -2.19. The lowest BCUT2D eigenvalue weighted by molar-refractivity contribution is 0.0698. The van der Waals surface area contributed by atoms with Gasteiger partial charge >= 0.3 is 5.97 Å². The van der Waals surface area contributed by atoms with Crippen molar-refractivity contribution in [3.8, 4) is 11.3 Å². The summed E-state index contributed by atoms with van der Waals surface area (Å²) in [6.07, 6.45) is 3.52. The van der Waals surface area contributed by atoms with E-state index in [0.29, 0.717) is 22.4 Å². The maximum absolute atomic E-state index is 13.1. The number of aromatic nitrogens is 1. The molecule has 2 heterocycles. The third-order valence-corrected chi connectivity index (χ3v) is 5.92. The largest absolute Gasteiger partial charge is 0.478 e. The summed E-state index contributed by atoms with van der Waals surface area (Å²) in [5, 5.41) is 15.3. The van der Waals surface area contributed by atoms with Crippen LogP contribution >= 0.6 is 0 Å². The average Bonchev–Trinajstić information content (AvgIpc) is 2.83. The van der Waals surface area contributed by atoms with Gasteiger partial charge in [-0.3, -0.25) is 9.78 Å². The van der Waals surface area contributed by atoms with Crippen LogP contribution in [0, 0.1) is 6.92 Å². The molecule has 34 heavy (non-hydrogen) atoms. The molecule has 2 N–H and O–H groups in total. The maximum atomic E-state index is 13.1. The minimum Gasteiger partial charge on any atom is -0.478 e. The van der Waals surface area contributed by atoms with Crippen molar-refractivity contribution in [1.82, 2.24) is 4.98 Å². The number of para-hydroxylation sites is 1. The Kier molecular flexibility index (Phi) is 5.34. The zero-order valence-electron chi connectivity index (χ0n) is 18.7. The highest BCUT2D eigenvalue weighted by Crippen LogP contribution is 2.32. The zero-order valence-corrected chi connectivity index (χ0v) is 18.7. The molecule has 3 aromatic carbocycles. The first-order valence-electron chi connectivity index (χ1n) is 10.9. The zero-order chi connectivity index (χ0) is 23.8. The number of nitrogens with one attached hydrogen (secondary N) is 1. The summed E-state index contributed by atoms with van der Waals surface area (Å²) >= 11 is 0. The minimum atomic E-state index is -1.01.